The van der Waals surface area contributed by atoms with Crippen molar-refractivity contribution in [1.29, 1.82) is 0 Å². The molecule has 14 nitrogen and oxygen atoms in total. The number of aromatic nitrogens is 4. The van der Waals surface area contributed by atoms with E-state index in [9.17, 15) is 9.59 Å². The fraction of sp³-hybridized carbons (Fsp3) is 0.436. The van der Waals surface area contributed by atoms with Gasteiger partial charge in [0.05, 0.1) is 5.34 Å². The summed E-state index contributed by atoms with van der Waals surface area (Å²) in [4.78, 5) is 41.7. The summed E-state index contributed by atoms with van der Waals surface area (Å²) < 4.78 is 0.732. The summed E-state index contributed by atoms with van der Waals surface area (Å²) in [6.45, 7) is 18.4. The molecule has 0 saturated heterocycles. The van der Waals surface area contributed by atoms with Crippen LogP contribution < -0.4 is 42.5 Å². The zero-order valence-electron chi connectivity index (χ0n) is 34.4. The standard InChI is InChI=1S/C19H27BrN6O.C19H28N6O.CH2Cl2/c1-11-7-8-12(17(27)21-5)9-13(11)24-16-14(20)15(23-10-19(2,3)4)25-18(22-6)26-16;1-12-7-8-13(17(26)20-5)9-14(12)23-16-10-15(22-11-19(2,3)4)24-18(21-6)25-16;2-1-3/h7-9H,10H2,1-6H3,(H,21,27)(H3,22,23,24,25,26);7-10H,11H2,1-6H3,(H,20,26)(H3,21,22,23,24,25);1H2. The van der Waals surface area contributed by atoms with Crippen molar-refractivity contribution in [3.8, 4) is 0 Å². The minimum absolute atomic E-state index is 0.107. The van der Waals surface area contributed by atoms with Gasteiger partial charge in [-0.15, -0.1) is 23.2 Å². The average molecular weight is 877 g/mol. The van der Waals surface area contributed by atoms with E-state index < -0.39 is 0 Å². The van der Waals surface area contributed by atoms with Crippen molar-refractivity contribution in [3.05, 3.63) is 69.2 Å². The summed E-state index contributed by atoms with van der Waals surface area (Å²) in [5, 5.41) is 24.7. The molecule has 8 N–H and O–H groups in total. The summed E-state index contributed by atoms with van der Waals surface area (Å²) in [5.41, 5.74) is 5.07. The predicted molar refractivity (Wildman–Crippen MR) is 239 cm³/mol. The van der Waals surface area contributed by atoms with Crippen LogP contribution in [0.3, 0.4) is 0 Å². The molecule has 0 unspecified atom stereocenters. The lowest BCUT2D eigenvalue weighted by Crippen LogP contribution is -2.20. The summed E-state index contributed by atoms with van der Waals surface area (Å²) in [7, 11) is 6.79. The van der Waals surface area contributed by atoms with Crippen LogP contribution in [0, 0.1) is 24.7 Å². The van der Waals surface area contributed by atoms with E-state index in [1.54, 1.807) is 40.3 Å². The Kier molecular flexibility index (Phi) is 18.9. The van der Waals surface area contributed by atoms with Gasteiger partial charge in [0.1, 0.15) is 21.9 Å². The molecule has 0 aliphatic carbocycles. The Morgan fingerprint density at radius 1 is 0.625 bits per heavy atom. The van der Waals surface area contributed by atoms with Gasteiger partial charge in [-0.1, -0.05) is 53.7 Å². The normalized spacial score (nSPS) is 10.8. The first kappa shape index (κ1) is 47.6. The van der Waals surface area contributed by atoms with Gasteiger partial charge in [-0.3, -0.25) is 9.59 Å². The Bertz CT molecular complexity index is 1920. The lowest BCUT2D eigenvalue weighted by atomic mass is 9.97. The van der Waals surface area contributed by atoms with E-state index in [2.05, 4.69) is 120 Å². The molecule has 0 saturated carbocycles. The molecule has 2 aromatic carbocycles. The first-order valence-electron chi connectivity index (χ1n) is 17.9. The molecule has 0 radical (unpaired) electrons. The molecule has 4 aromatic rings. The van der Waals surface area contributed by atoms with Crippen LogP contribution in [-0.2, 0) is 0 Å². The molecule has 56 heavy (non-hydrogen) atoms. The smallest absolute Gasteiger partial charge is 0.251 e. The predicted octanol–water partition coefficient (Wildman–Crippen LogP) is 8.96. The van der Waals surface area contributed by atoms with Crippen molar-refractivity contribution in [2.45, 2.75) is 55.4 Å². The van der Waals surface area contributed by atoms with Crippen LogP contribution in [-0.4, -0.2) is 78.4 Å². The highest BCUT2D eigenvalue weighted by Crippen LogP contribution is 2.33. The SMILES string of the molecule is CNC(=O)c1ccc(C)c(Nc2cc(NCC(C)(C)C)nc(NC)n2)c1.CNC(=O)c1ccc(C)c(Nc2nc(NC)nc(NCC(C)(C)C)c2Br)c1.ClCCl. The van der Waals surface area contributed by atoms with Gasteiger partial charge in [-0.2, -0.15) is 19.9 Å². The van der Waals surface area contributed by atoms with Gasteiger partial charge in [0.15, 0.2) is 5.82 Å². The van der Waals surface area contributed by atoms with Crippen molar-refractivity contribution >= 4 is 97.5 Å². The summed E-state index contributed by atoms with van der Waals surface area (Å²) in [6.07, 6.45) is 0. The van der Waals surface area contributed by atoms with Gasteiger partial charge in [0.25, 0.3) is 11.8 Å². The molecule has 0 aliphatic rings. The Labute approximate surface area is 350 Å². The van der Waals surface area contributed by atoms with E-state index in [-0.39, 0.29) is 28.0 Å². The van der Waals surface area contributed by atoms with E-state index in [0.717, 1.165) is 45.9 Å². The van der Waals surface area contributed by atoms with Crippen LogP contribution in [0.5, 0.6) is 0 Å². The molecule has 17 heteroatoms. The quantitative estimate of drug-likeness (QED) is 0.0634. The van der Waals surface area contributed by atoms with Crippen molar-refractivity contribution < 1.29 is 9.59 Å². The van der Waals surface area contributed by atoms with Crippen molar-refractivity contribution in [3.63, 3.8) is 0 Å². The van der Waals surface area contributed by atoms with Crippen molar-refractivity contribution in [2.75, 3.05) is 78.5 Å². The number of alkyl halides is 2. The minimum Gasteiger partial charge on any atom is -0.369 e. The summed E-state index contributed by atoms with van der Waals surface area (Å²) >= 11 is 13.1. The van der Waals surface area contributed by atoms with Gasteiger partial charge in [-0.25, -0.2) is 0 Å². The Morgan fingerprint density at radius 2 is 1.05 bits per heavy atom. The van der Waals surface area contributed by atoms with Gasteiger partial charge in [0.2, 0.25) is 11.9 Å². The van der Waals surface area contributed by atoms with E-state index in [1.165, 1.54) is 0 Å². The van der Waals surface area contributed by atoms with Crippen LogP contribution in [0.1, 0.15) is 73.4 Å². The molecule has 0 atom stereocenters. The second-order valence-electron chi connectivity index (χ2n) is 14.9. The first-order valence-corrected chi connectivity index (χ1v) is 19.8. The number of carbonyl (C=O) groups excluding carboxylic acids is 2. The second-order valence-corrected chi connectivity index (χ2v) is 16.5. The average Bonchev–Trinajstić information content (AvgIpc) is 3.15. The maximum absolute atomic E-state index is 11.9. The number of aryl methyl sites for hydroxylation is 2. The molecule has 2 heterocycles. The molecule has 2 amide bonds. The number of nitrogens with one attached hydrogen (secondary N) is 8. The summed E-state index contributed by atoms with van der Waals surface area (Å²) in [6, 6.07) is 12.9. The minimum atomic E-state index is -0.136. The van der Waals surface area contributed by atoms with E-state index >= 15 is 0 Å². The third kappa shape index (κ3) is 15.9. The fourth-order valence-corrected chi connectivity index (χ4v) is 4.94. The van der Waals surface area contributed by atoms with E-state index in [1.807, 2.05) is 44.2 Å². The van der Waals surface area contributed by atoms with Crippen LogP contribution in [0.25, 0.3) is 0 Å². The van der Waals surface area contributed by atoms with Gasteiger partial charge >= 0.3 is 0 Å². The first-order chi connectivity index (χ1) is 26.3. The number of rotatable bonds is 12. The highest BCUT2D eigenvalue weighted by Gasteiger charge is 2.17. The number of anilines is 8. The number of nitrogens with zero attached hydrogens (tertiary/aromatic N) is 4. The topological polar surface area (TPSA) is 182 Å². The maximum atomic E-state index is 11.9. The van der Waals surface area contributed by atoms with Crippen LogP contribution in [0.4, 0.5) is 46.5 Å². The zero-order valence-corrected chi connectivity index (χ0v) is 37.5. The number of hydrogen-bond donors (Lipinski definition) is 8. The molecule has 4 rings (SSSR count). The number of halogens is 3. The monoisotopic (exact) mass is 874 g/mol. The van der Waals surface area contributed by atoms with Crippen LogP contribution >= 0.6 is 39.1 Å². The second kappa shape index (κ2) is 22.2. The third-order valence-electron chi connectivity index (χ3n) is 7.58. The highest BCUT2D eigenvalue weighted by molar-refractivity contribution is 9.10. The number of amides is 2. The van der Waals surface area contributed by atoms with E-state index in [0.29, 0.717) is 40.5 Å². The Balaban J connectivity index is 0.000000362. The van der Waals surface area contributed by atoms with Crippen molar-refractivity contribution in [1.82, 2.24) is 30.6 Å². The summed E-state index contributed by atoms with van der Waals surface area (Å²) in [5.74, 6) is 3.46. The molecule has 0 fully saturated rings. The fourth-order valence-electron chi connectivity index (χ4n) is 4.53. The Morgan fingerprint density at radius 3 is 1.52 bits per heavy atom. The number of hydrogen-bond acceptors (Lipinski definition) is 12. The van der Waals surface area contributed by atoms with Gasteiger partial charge < -0.3 is 42.5 Å². The number of benzene rings is 2. The van der Waals surface area contributed by atoms with E-state index in [4.69, 9.17) is 23.2 Å². The largest absolute Gasteiger partial charge is 0.369 e. The molecule has 0 spiro atoms. The van der Waals surface area contributed by atoms with Crippen molar-refractivity contribution in [2.24, 2.45) is 10.8 Å². The zero-order chi connectivity index (χ0) is 42.2. The molecular weight excluding hydrogens is 819 g/mol. The molecular formula is C39H57BrCl2N12O2. The number of carbonyl (C=O) groups is 2. The lowest BCUT2D eigenvalue weighted by molar-refractivity contribution is 0.0955. The molecule has 0 bridgehead atoms. The lowest BCUT2D eigenvalue weighted by Gasteiger charge is -2.21. The third-order valence-corrected chi connectivity index (χ3v) is 8.33. The molecule has 306 valence electrons. The maximum Gasteiger partial charge on any atom is 0.251 e. The molecule has 2 aromatic heterocycles. The molecule has 0 aliphatic heterocycles. The van der Waals surface area contributed by atoms with Gasteiger partial charge in [-0.05, 0) is 76.0 Å². The Hall–Kier alpha value is -4.60. The van der Waals surface area contributed by atoms with Crippen LogP contribution in [0.15, 0.2) is 46.9 Å². The highest BCUT2D eigenvalue weighted by atomic mass is 79.9. The van der Waals surface area contributed by atoms with Crippen LogP contribution in [0.2, 0.25) is 0 Å². The van der Waals surface area contributed by atoms with Gasteiger partial charge in [0, 0.05) is 69.8 Å².